The van der Waals surface area contributed by atoms with Crippen molar-refractivity contribution in [2.24, 2.45) is 0 Å². The lowest BCUT2D eigenvalue weighted by atomic mass is 10.3. The van der Waals surface area contributed by atoms with Gasteiger partial charge in [0.15, 0.2) is 11.0 Å². The van der Waals surface area contributed by atoms with Crippen LogP contribution >= 0.6 is 0 Å². The number of rotatable bonds is 4. The van der Waals surface area contributed by atoms with Crippen molar-refractivity contribution in [2.75, 3.05) is 7.11 Å². The van der Waals surface area contributed by atoms with Gasteiger partial charge in [-0.2, -0.15) is 0 Å². The lowest BCUT2D eigenvalue weighted by Crippen LogP contribution is -2.43. The van der Waals surface area contributed by atoms with Gasteiger partial charge in [0, 0.05) is 6.07 Å². The number of carbonyl (C=O) groups excluding carboxylic acids is 1. The van der Waals surface area contributed by atoms with Crippen LogP contribution in [0.15, 0.2) is 24.5 Å². The zero-order chi connectivity index (χ0) is 12.4. The second-order valence-corrected chi connectivity index (χ2v) is 3.76. The van der Waals surface area contributed by atoms with Crippen molar-refractivity contribution < 1.29 is 19.2 Å². The van der Waals surface area contributed by atoms with Crippen molar-refractivity contribution >= 4 is 17.0 Å². The van der Waals surface area contributed by atoms with E-state index in [4.69, 9.17) is 4.74 Å². The van der Waals surface area contributed by atoms with E-state index < -0.39 is 5.97 Å². The zero-order valence-corrected chi connectivity index (χ0v) is 9.84. The molecule has 0 aliphatic carbocycles. The quantitative estimate of drug-likeness (QED) is 0.683. The highest BCUT2D eigenvalue weighted by atomic mass is 16.5. The average Bonchev–Trinajstić information content (AvgIpc) is 2.66. The van der Waals surface area contributed by atoms with Crippen molar-refractivity contribution in [1.82, 2.24) is 4.57 Å². The van der Waals surface area contributed by atoms with E-state index in [9.17, 15) is 9.90 Å². The number of hydrogen-bond donors (Lipinski definition) is 0. The summed E-state index contributed by atoms with van der Waals surface area (Å²) >= 11 is 0. The Morgan fingerprint density at radius 1 is 1.53 bits per heavy atom. The van der Waals surface area contributed by atoms with Gasteiger partial charge in [-0.05, 0) is 19.1 Å². The smallest absolute Gasteiger partial charge is 0.245 e. The van der Waals surface area contributed by atoms with E-state index in [1.807, 2.05) is 29.7 Å². The normalized spacial score (nSPS) is 10.7. The van der Waals surface area contributed by atoms with Gasteiger partial charge in [0.1, 0.15) is 12.3 Å². The van der Waals surface area contributed by atoms with Crippen LogP contribution in [0.2, 0.25) is 0 Å². The van der Waals surface area contributed by atoms with E-state index in [-0.39, 0.29) is 6.54 Å². The summed E-state index contributed by atoms with van der Waals surface area (Å²) in [6.07, 6.45) is 1.78. The average molecular weight is 234 g/mol. The molecular weight excluding hydrogens is 220 g/mol. The fourth-order valence-corrected chi connectivity index (χ4v) is 1.91. The summed E-state index contributed by atoms with van der Waals surface area (Å²) in [5.41, 5.74) is 1.81. The number of aryl methyl sites for hydroxylation is 1. The summed E-state index contributed by atoms with van der Waals surface area (Å²) < 4.78 is 8.79. The summed E-state index contributed by atoms with van der Waals surface area (Å²) in [4.78, 5) is 10.7. The molecule has 17 heavy (non-hydrogen) atoms. The van der Waals surface area contributed by atoms with Crippen LogP contribution in [0, 0.1) is 0 Å². The number of fused-ring (bicyclic) bond motifs is 1. The Hall–Kier alpha value is -2.04. The third-order valence-corrected chi connectivity index (χ3v) is 2.72. The van der Waals surface area contributed by atoms with Crippen molar-refractivity contribution in [2.45, 2.75) is 20.0 Å². The van der Waals surface area contributed by atoms with E-state index in [1.165, 1.54) is 0 Å². The largest absolute Gasteiger partial charge is 0.546 e. The molecule has 5 nitrogen and oxygen atoms in total. The highest BCUT2D eigenvalue weighted by Gasteiger charge is 2.15. The summed E-state index contributed by atoms with van der Waals surface area (Å²) in [7, 11) is 1.61. The van der Waals surface area contributed by atoms with Gasteiger partial charge >= 0.3 is 0 Å². The van der Waals surface area contributed by atoms with Crippen LogP contribution in [0.25, 0.3) is 11.0 Å². The molecule has 0 saturated heterocycles. The van der Waals surface area contributed by atoms with Gasteiger partial charge in [-0.1, -0.05) is 0 Å². The Labute approximate surface area is 98.9 Å². The third-order valence-electron chi connectivity index (χ3n) is 2.72. The van der Waals surface area contributed by atoms with E-state index in [1.54, 1.807) is 18.0 Å². The van der Waals surface area contributed by atoms with Crippen LogP contribution in [0.3, 0.4) is 0 Å². The van der Waals surface area contributed by atoms with Gasteiger partial charge in [-0.15, -0.1) is 0 Å². The first-order valence-corrected chi connectivity index (χ1v) is 5.42. The molecule has 0 aliphatic rings. The fourth-order valence-electron chi connectivity index (χ4n) is 1.91. The zero-order valence-electron chi connectivity index (χ0n) is 9.84. The first-order chi connectivity index (χ1) is 8.15. The lowest BCUT2D eigenvalue weighted by molar-refractivity contribution is -0.666. The Morgan fingerprint density at radius 3 is 2.88 bits per heavy atom. The number of aliphatic carboxylic acids is 1. The lowest BCUT2D eigenvalue weighted by Gasteiger charge is -1.99. The van der Waals surface area contributed by atoms with Gasteiger partial charge in [-0.25, -0.2) is 9.13 Å². The van der Waals surface area contributed by atoms with E-state index in [0.29, 0.717) is 0 Å². The molecule has 0 aliphatic heterocycles. The molecule has 90 valence electrons. The van der Waals surface area contributed by atoms with Gasteiger partial charge in [0.2, 0.25) is 6.33 Å². The SMILES string of the molecule is CCn1c[n+](CC(=O)[O-])c2ccc(OC)cc21. The molecule has 0 bridgehead atoms. The predicted molar refractivity (Wildman–Crippen MR) is 59.4 cm³/mol. The molecule has 1 heterocycles. The summed E-state index contributed by atoms with van der Waals surface area (Å²) in [6, 6.07) is 5.56. The second kappa shape index (κ2) is 4.45. The standard InChI is InChI=1S/C12H14N2O3/c1-3-13-8-14(7-12(15)16)10-5-4-9(17-2)6-11(10)13/h4-6,8H,3,7H2,1-2H3. The monoisotopic (exact) mass is 234 g/mol. The number of carbonyl (C=O) groups is 1. The van der Waals surface area contributed by atoms with E-state index in [2.05, 4.69) is 0 Å². The summed E-state index contributed by atoms with van der Waals surface area (Å²) in [6.45, 7) is 2.63. The molecule has 0 radical (unpaired) electrons. The number of nitrogens with zero attached hydrogens (tertiary/aromatic N) is 2. The van der Waals surface area contributed by atoms with Gasteiger partial charge in [0.05, 0.1) is 19.6 Å². The Morgan fingerprint density at radius 2 is 2.29 bits per heavy atom. The summed E-state index contributed by atoms with van der Waals surface area (Å²) in [5.74, 6) is -0.341. The molecule has 0 N–H and O–H groups in total. The number of carboxylic acids is 1. The number of carboxylic acid groups (broad SMARTS) is 1. The Balaban J connectivity index is 2.59. The molecular formula is C12H14N2O3. The Bertz CT molecular complexity index is 560. The number of imidazole rings is 1. The minimum absolute atomic E-state index is 0.143. The molecule has 0 fully saturated rings. The molecule has 0 unspecified atom stereocenters. The van der Waals surface area contributed by atoms with E-state index >= 15 is 0 Å². The molecule has 2 rings (SSSR count). The molecule has 1 aromatic carbocycles. The van der Waals surface area contributed by atoms with E-state index in [0.717, 1.165) is 23.3 Å². The molecule has 0 spiro atoms. The number of ether oxygens (including phenoxy) is 1. The molecule has 0 atom stereocenters. The van der Waals surface area contributed by atoms with Crippen molar-refractivity contribution in [3.8, 4) is 5.75 Å². The molecule has 1 aromatic heterocycles. The van der Waals surface area contributed by atoms with Crippen molar-refractivity contribution in [3.05, 3.63) is 24.5 Å². The first-order valence-electron chi connectivity index (χ1n) is 5.42. The number of methoxy groups -OCH3 is 1. The van der Waals surface area contributed by atoms with Crippen LogP contribution in [-0.2, 0) is 17.9 Å². The van der Waals surface area contributed by atoms with Gasteiger partial charge in [0.25, 0.3) is 0 Å². The number of hydrogen-bond acceptors (Lipinski definition) is 3. The van der Waals surface area contributed by atoms with Crippen LogP contribution < -0.4 is 14.4 Å². The molecule has 0 saturated carbocycles. The summed E-state index contributed by atoms with van der Waals surface area (Å²) in [5, 5.41) is 10.7. The fraction of sp³-hybridized carbons (Fsp3) is 0.333. The molecule has 2 aromatic rings. The Kier molecular flexibility index (Phi) is 2.99. The van der Waals surface area contributed by atoms with Crippen molar-refractivity contribution in [3.63, 3.8) is 0 Å². The maximum atomic E-state index is 10.7. The second-order valence-electron chi connectivity index (χ2n) is 3.76. The van der Waals surface area contributed by atoms with Crippen LogP contribution in [0.1, 0.15) is 6.92 Å². The first kappa shape index (κ1) is 11.4. The van der Waals surface area contributed by atoms with Gasteiger partial charge < -0.3 is 14.6 Å². The highest BCUT2D eigenvalue weighted by Crippen LogP contribution is 2.18. The molecule has 5 heteroatoms. The van der Waals surface area contributed by atoms with Crippen LogP contribution in [0.5, 0.6) is 5.75 Å². The molecule has 0 amide bonds. The third kappa shape index (κ3) is 2.08. The topological polar surface area (TPSA) is 58.2 Å². The minimum Gasteiger partial charge on any atom is -0.546 e. The van der Waals surface area contributed by atoms with Crippen LogP contribution in [0.4, 0.5) is 0 Å². The highest BCUT2D eigenvalue weighted by molar-refractivity contribution is 5.74. The maximum absolute atomic E-state index is 10.7. The number of benzene rings is 1. The maximum Gasteiger partial charge on any atom is 0.245 e. The van der Waals surface area contributed by atoms with Crippen molar-refractivity contribution in [1.29, 1.82) is 0 Å². The predicted octanol–water partition coefficient (Wildman–Crippen LogP) is -0.293. The number of aromatic nitrogens is 2. The van der Waals surface area contributed by atoms with Crippen LogP contribution in [-0.4, -0.2) is 17.6 Å². The van der Waals surface area contributed by atoms with Gasteiger partial charge in [-0.3, -0.25) is 0 Å². The minimum atomic E-state index is -1.10.